The van der Waals surface area contributed by atoms with Gasteiger partial charge < -0.3 is 5.11 Å². The molecule has 0 aliphatic carbocycles. The molecule has 2 nitrogen and oxygen atoms in total. The monoisotopic (exact) mass is 182 g/mol. The van der Waals surface area contributed by atoms with Crippen LogP contribution in [-0.2, 0) is 4.79 Å². The van der Waals surface area contributed by atoms with Gasteiger partial charge in [0.2, 0.25) is 0 Å². The van der Waals surface area contributed by atoms with E-state index in [4.69, 9.17) is 13.0 Å². The molecule has 0 spiro atoms. The molecule has 0 aromatic heterocycles. The summed E-state index contributed by atoms with van der Waals surface area (Å²) in [7, 11) is 5.36. The Balaban J connectivity index is 2.87. The zero-order valence-corrected chi connectivity index (χ0v) is 8.30. The highest BCUT2D eigenvalue weighted by Crippen LogP contribution is 2.08. The van der Waals surface area contributed by atoms with E-state index in [0.29, 0.717) is 6.42 Å². The maximum Gasteiger partial charge on any atom is 0.303 e. The van der Waals surface area contributed by atoms with Crippen LogP contribution in [0.2, 0.25) is 6.32 Å². The summed E-state index contributed by atoms with van der Waals surface area (Å²) in [5, 5.41) is 8.37. The van der Waals surface area contributed by atoms with Crippen molar-refractivity contribution in [1.82, 2.24) is 0 Å². The number of aliphatic carboxylic acids is 1. The van der Waals surface area contributed by atoms with Crippen LogP contribution in [0.1, 0.15) is 51.4 Å². The third-order valence-electron chi connectivity index (χ3n) is 2.09. The minimum absolute atomic E-state index is 0.322. The van der Waals surface area contributed by atoms with Crippen LogP contribution in [0, 0.1) is 0 Å². The fourth-order valence-electron chi connectivity index (χ4n) is 1.30. The standard InChI is InChI=1S/C10H19BO2/c11-9-7-5-3-1-2-4-6-8-10(12)13/h1-9H2,(H,12,13). The second kappa shape index (κ2) is 9.62. The van der Waals surface area contributed by atoms with Crippen molar-refractivity contribution >= 4 is 13.8 Å². The van der Waals surface area contributed by atoms with Gasteiger partial charge in [0.15, 0.2) is 0 Å². The summed E-state index contributed by atoms with van der Waals surface area (Å²) in [5.74, 6) is -0.678. The van der Waals surface area contributed by atoms with Crippen LogP contribution in [0.5, 0.6) is 0 Å². The summed E-state index contributed by atoms with van der Waals surface area (Å²) in [6, 6.07) is 0. The second-order valence-corrected chi connectivity index (χ2v) is 3.41. The number of unbranched alkanes of at least 4 members (excludes halogenated alkanes) is 6. The molecular formula is C10H19BO2. The van der Waals surface area contributed by atoms with Gasteiger partial charge in [0, 0.05) is 6.42 Å². The van der Waals surface area contributed by atoms with Crippen molar-refractivity contribution in [3.8, 4) is 0 Å². The van der Waals surface area contributed by atoms with Gasteiger partial charge in [0.05, 0.1) is 7.85 Å². The smallest absolute Gasteiger partial charge is 0.303 e. The minimum atomic E-state index is -0.678. The Morgan fingerprint density at radius 1 is 0.923 bits per heavy atom. The maximum absolute atomic E-state index is 10.2. The van der Waals surface area contributed by atoms with E-state index >= 15 is 0 Å². The predicted octanol–water partition coefficient (Wildman–Crippen LogP) is 2.78. The molecule has 0 heterocycles. The zero-order chi connectivity index (χ0) is 9.94. The van der Waals surface area contributed by atoms with Crippen LogP contribution in [0.3, 0.4) is 0 Å². The van der Waals surface area contributed by atoms with Gasteiger partial charge in [-0.05, 0) is 6.42 Å². The molecule has 0 aromatic carbocycles. The summed E-state index contributed by atoms with van der Waals surface area (Å²) < 4.78 is 0. The molecule has 74 valence electrons. The SMILES string of the molecule is [B]CCCCCCCCCC(=O)O. The number of hydrogen-bond donors (Lipinski definition) is 1. The molecule has 0 rings (SSSR count). The van der Waals surface area contributed by atoms with E-state index in [1.807, 2.05) is 0 Å². The highest BCUT2D eigenvalue weighted by Gasteiger charge is 1.95. The highest BCUT2D eigenvalue weighted by atomic mass is 16.4. The lowest BCUT2D eigenvalue weighted by molar-refractivity contribution is -0.137. The Morgan fingerprint density at radius 3 is 1.85 bits per heavy atom. The molecule has 0 fully saturated rings. The highest BCUT2D eigenvalue weighted by molar-refractivity contribution is 6.08. The Kier molecular flexibility index (Phi) is 9.28. The van der Waals surface area contributed by atoms with Gasteiger partial charge >= 0.3 is 5.97 Å². The van der Waals surface area contributed by atoms with E-state index in [2.05, 4.69) is 0 Å². The van der Waals surface area contributed by atoms with Gasteiger partial charge in [-0.2, -0.15) is 0 Å². The van der Waals surface area contributed by atoms with Crippen LogP contribution in [0.15, 0.2) is 0 Å². The van der Waals surface area contributed by atoms with Crippen molar-refractivity contribution in [2.75, 3.05) is 0 Å². The molecule has 0 unspecified atom stereocenters. The molecule has 2 radical (unpaired) electrons. The third kappa shape index (κ3) is 11.5. The average molecular weight is 182 g/mol. The summed E-state index contributed by atoms with van der Waals surface area (Å²) in [6.07, 6.45) is 8.95. The van der Waals surface area contributed by atoms with Gasteiger partial charge in [0.1, 0.15) is 0 Å². The Hall–Kier alpha value is -0.465. The molecule has 0 saturated heterocycles. The van der Waals surface area contributed by atoms with Gasteiger partial charge in [-0.15, -0.1) is 0 Å². The van der Waals surface area contributed by atoms with E-state index in [-0.39, 0.29) is 0 Å². The molecule has 13 heavy (non-hydrogen) atoms. The first-order valence-corrected chi connectivity index (χ1v) is 5.19. The maximum atomic E-state index is 10.2. The fraction of sp³-hybridized carbons (Fsp3) is 0.900. The number of rotatable bonds is 9. The fourth-order valence-corrected chi connectivity index (χ4v) is 1.30. The first-order chi connectivity index (χ1) is 6.27. The van der Waals surface area contributed by atoms with Crippen molar-refractivity contribution in [2.24, 2.45) is 0 Å². The van der Waals surface area contributed by atoms with Crippen molar-refractivity contribution in [3.63, 3.8) is 0 Å². The Morgan fingerprint density at radius 2 is 1.38 bits per heavy atom. The molecule has 0 aromatic rings. The minimum Gasteiger partial charge on any atom is -0.481 e. The predicted molar refractivity (Wildman–Crippen MR) is 55.1 cm³/mol. The normalized spacial score (nSPS) is 10.2. The number of carbonyl (C=O) groups is 1. The molecule has 0 amide bonds. The van der Waals surface area contributed by atoms with E-state index in [9.17, 15) is 4.79 Å². The first kappa shape index (κ1) is 12.5. The quantitative estimate of drug-likeness (QED) is 0.439. The van der Waals surface area contributed by atoms with Crippen molar-refractivity contribution < 1.29 is 9.90 Å². The van der Waals surface area contributed by atoms with E-state index in [0.717, 1.165) is 32.0 Å². The zero-order valence-electron chi connectivity index (χ0n) is 8.30. The van der Waals surface area contributed by atoms with Gasteiger partial charge in [-0.25, -0.2) is 0 Å². The molecule has 0 bridgehead atoms. The third-order valence-corrected chi connectivity index (χ3v) is 2.09. The number of carboxylic acids is 1. The molecule has 0 atom stereocenters. The summed E-state index contributed by atoms with van der Waals surface area (Å²) in [6.45, 7) is 0. The van der Waals surface area contributed by atoms with Gasteiger partial charge in [-0.1, -0.05) is 44.8 Å². The van der Waals surface area contributed by atoms with Crippen molar-refractivity contribution in [3.05, 3.63) is 0 Å². The lowest BCUT2D eigenvalue weighted by atomic mass is 9.98. The molecule has 3 heteroatoms. The Bertz CT molecular complexity index is 126. The average Bonchev–Trinajstić information content (AvgIpc) is 2.09. The van der Waals surface area contributed by atoms with E-state index < -0.39 is 5.97 Å². The summed E-state index contributed by atoms with van der Waals surface area (Å²) in [5.41, 5.74) is 0. The van der Waals surface area contributed by atoms with E-state index in [1.54, 1.807) is 0 Å². The number of carboxylic acid groups (broad SMARTS) is 1. The van der Waals surface area contributed by atoms with Crippen LogP contribution in [0.25, 0.3) is 0 Å². The molecule has 0 aliphatic rings. The van der Waals surface area contributed by atoms with Crippen LogP contribution in [0.4, 0.5) is 0 Å². The van der Waals surface area contributed by atoms with Crippen LogP contribution in [-0.4, -0.2) is 18.9 Å². The van der Waals surface area contributed by atoms with Crippen molar-refractivity contribution in [2.45, 2.75) is 57.7 Å². The molecular weight excluding hydrogens is 163 g/mol. The topological polar surface area (TPSA) is 37.3 Å². The van der Waals surface area contributed by atoms with Crippen LogP contribution < -0.4 is 0 Å². The van der Waals surface area contributed by atoms with Crippen molar-refractivity contribution in [1.29, 1.82) is 0 Å². The second-order valence-electron chi connectivity index (χ2n) is 3.41. The first-order valence-electron chi connectivity index (χ1n) is 5.19. The number of hydrogen-bond acceptors (Lipinski definition) is 1. The lowest BCUT2D eigenvalue weighted by Gasteiger charge is -1.99. The summed E-state index contributed by atoms with van der Waals surface area (Å²) >= 11 is 0. The largest absolute Gasteiger partial charge is 0.481 e. The van der Waals surface area contributed by atoms with Crippen LogP contribution >= 0.6 is 0 Å². The lowest BCUT2D eigenvalue weighted by Crippen LogP contribution is -1.93. The molecule has 1 N–H and O–H groups in total. The molecule has 0 saturated carbocycles. The molecule has 0 aliphatic heterocycles. The van der Waals surface area contributed by atoms with E-state index in [1.165, 1.54) is 19.3 Å². The summed E-state index contributed by atoms with van der Waals surface area (Å²) in [4.78, 5) is 10.2. The van der Waals surface area contributed by atoms with Gasteiger partial charge in [-0.3, -0.25) is 4.79 Å². The Labute approximate surface area is 82.1 Å². The van der Waals surface area contributed by atoms with Gasteiger partial charge in [0.25, 0.3) is 0 Å².